The molecule has 0 saturated carbocycles. The molecule has 2 aliphatic rings. The minimum Gasteiger partial charge on any atom is -0.481 e. The quantitative estimate of drug-likeness (QED) is 0.544. The summed E-state index contributed by atoms with van der Waals surface area (Å²) in [5.41, 5.74) is 0. The lowest BCUT2D eigenvalue weighted by atomic mass is 9.77. The van der Waals surface area contributed by atoms with E-state index in [1.54, 1.807) is 0 Å². The Morgan fingerprint density at radius 2 is 1.89 bits per heavy atom. The first-order valence-electron chi connectivity index (χ1n) is 7.05. The second-order valence-corrected chi connectivity index (χ2v) is 7.00. The van der Waals surface area contributed by atoms with Crippen LogP contribution in [-0.2, 0) is 9.59 Å². The van der Waals surface area contributed by atoms with Crippen LogP contribution in [0.1, 0.15) is 51.4 Å². The summed E-state index contributed by atoms with van der Waals surface area (Å²) in [6.07, 6.45) is 9.22. The Labute approximate surface area is 113 Å². The van der Waals surface area contributed by atoms with E-state index in [4.69, 9.17) is 5.11 Å². The molecule has 2 rings (SSSR count). The van der Waals surface area contributed by atoms with Crippen LogP contribution in [0.5, 0.6) is 0 Å². The molecular weight excluding hydrogens is 248 g/mol. The molecule has 4 atom stereocenters. The molecule has 102 valence electrons. The molecule has 4 heteroatoms. The van der Waals surface area contributed by atoms with E-state index < -0.39 is 5.97 Å². The van der Waals surface area contributed by atoms with Gasteiger partial charge >= 0.3 is 5.97 Å². The highest BCUT2D eigenvalue weighted by Gasteiger charge is 2.47. The van der Waals surface area contributed by atoms with Crippen molar-refractivity contribution in [1.29, 1.82) is 0 Å². The van der Waals surface area contributed by atoms with Gasteiger partial charge in [-0.2, -0.15) is 11.8 Å². The van der Waals surface area contributed by atoms with Gasteiger partial charge in [-0.05, 0) is 31.6 Å². The molecule has 4 unspecified atom stereocenters. The fourth-order valence-electron chi connectivity index (χ4n) is 3.39. The van der Waals surface area contributed by atoms with Gasteiger partial charge in [-0.25, -0.2) is 0 Å². The average Bonchev–Trinajstić information content (AvgIpc) is 2.93. The SMILES string of the molecule is O=CC1C2CCC(S2)C1CCCCCCC(=O)O. The van der Waals surface area contributed by atoms with E-state index in [0.717, 1.165) is 37.4 Å². The third-order valence-corrected chi connectivity index (χ3v) is 6.16. The molecule has 2 fully saturated rings. The van der Waals surface area contributed by atoms with Crippen LogP contribution in [0.15, 0.2) is 0 Å². The fraction of sp³-hybridized carbons (Fsp3) is 0.857. The topological polar surface area (TPSA) is 54.4 Å². The number of carboxylic acids is 1. The lowest BCUT2D eigenvalue weighted by molar-refractivity contribution is -0.137. The summed E-state index contributed by atoms with van der Waals surface area (Å²) in [7, 11) is 0. The summed E-state index contributed by atoms with van der Waals surface area (Å²) in [6, 6.07) is 0. The van der Waals surface area contributed by atoms with Gasteiger partial charge in [0.1, 0.15) is 6.29 Å². The summed E-state index contributed by atoms with van der Waals surface area (Å²) in [5.74, 6) is 0.207. The average molecular weight is 270 g/mol. The van der Waals surface area contributed by atoms with E-state index in [2.05, 4.69) is 0 Å². The van der Waals surface area contributed by atoms with Crippen molar-refractivity contribution in [3.63, 3.8) is 0 Å². The number of thioether (sulfide) groups is 1. The zero-order chi connectivity index (χ0) is 13.0. The van der Waals surface area contributed by atoms with Crippen molar-refractivity contribution in [3.8, 4) is 0 Å². The number of aldehydes is 1. The predicted molar refractivity (Wildman–Crippen MR) is 72.8 cm³/mol. The molecule has 1 N–H and O–H groups in total. The van der Waals surface area contributed by atoms with Gasteiger partial charge in [-0.1, -0.05) is 19.3 Å². The maximum atomic E-state index is 11.1. The summed E-state index contributed by atoms with van der Waals surface area (Å²) in [5, 5.41) is 9.87. The van der Waals surface area contributed by atoms with Crippen LogP contribution < -0.4 is 0 Å². The maximum Gasteiger partial charge on any atom is 0.303 e. The van der Waals surface area contributed by atoms with E-state index in [-0.39, 0.29) is 0 Å². The highest BCUT2D eigenvalue weighted by molar-refractivity contribution is 8.01. The first-order valence-corrected chi connectivity index (χ1v) is 7.99. The Morgan fingerprint density at radius 1 is 1.17 bits per heavy atom. The molecule has 3 nitrogen and oxygen atoms in total. The third kappa shape index (κ3) is 3.28. The standard InChI is InChI=1S/C14H22O3S/c15-9-11-10(12-7-8-13(11)18-12)5-3-1-2-4-6-14(16)17/h9-13H,1-8H2,(H,16,17). The maximum absolute atomic E-state index is 11.1. The normalized spacial score (nSPS) is 33.8. The van der Waals surface area contributed by atoms with E-state index in [1.807, 2.05) is 11.8 Å². The number of fused-ring (bicyclic) bond motifs is 2. The number of carboxylic acid groups (broad SMARTS) is 1. The first-order chi connectivity index (χ1) is 8.72. The zero-order valence-corrected chi connectivity index (χ0v) is 11.5. The highest BCUT2D eigenvalue weighted by Crippen LogP contribution is 2.53. The Balaban J connectivity index is 1.61. The summed E-state index contributed by atoms with van der Waals surface area (Å²) in [6.45, 7) is 0. The van der Waals surface area contributed by atoms with E-state index in [9.17, 15) is 9.59 Å². The van der Waals surface area contributed by atoms with Crippen molar-refractivity contribution in [2.75, 3.05) is 0 Å². The van der Waals surface area contributed by atoms with Crippen LogP contribution in [0.2, 0.25) is 0 Å². The van der Waals surface area contributed by atoms with Gasteiger partial charge in [-0.3, -0.25) is 4.79 Å². The van der Waals surface area contributed by atoms with Crippen LogP contribution in [0.25, 0.3) is 0 Å². The molecule has 0 aromatic carbocycles. The van der Waals surface area contributed by atoms with Gasteiger partial charge in [0.2, 0.25) is 0 Å². The second-order valence-electron chi connectivity index (χ2n) is 5.51. The van der Waals surface area contributed by atoms with Crippen LogP contribution in [0, 0.1) is 11.8 Å². The molecule has 0 spiro atoms. The first kappa shape index (κ1) is 13.9. The second kappa shape index (κ2) is 6.60. The molecule has 2 aliphatic heterocycles. The van der Waals surface area contributed by atoms with Gasteiger partial charge in [0, 0.05) is 22.8 Å². The minimum atomic E-state index is -0.694. The lowest BCUT2D eigenvalue weighted by Gasteiger charge is -2.25. The summed E-state index contributed by atoms with van der Waals surface area (Å²) < 4.78 is 0. The Kier molecular flexibility index (Phi) is 5.10. The van der Waals surface area contributed by atoms with Crippen molar-refractivity contribution in [2.24, 2.45) is 11.8 Å². The molecule has 2 bridgehead atoms. The van der Waals surface area contributed by atoms with Gasteiger partial charge < -0.3 is 9.90 Å². The Bertz CT molecular complexity index is 305. The molecule has 2 heterocycles. The number of hydrogen-bond donors (Lipinski definition) is 1. The fourth-order valence-corrected chi connectivity index (χ4v) is 5.35. The Hall–Kier alpha value is -0.510. The van der Waals surface area contributed by atoms with E-state index in [0.29, 0.717) is 23.5 Å². The van der Waals surface area contributed by atoms with Crippen molar-refractivity contribution in [2.45, 2.75) is 61.9 Å². The monoisotopic (exact) mass is 270 g/mol. The van der Waals surface area contributed by atoms with E-state index in [1.165, 1.54) is 19.1 Å². The molecular formula is C14H22O3S. The molecule has 0 amide bonds. The summed E-state index contributed by atoms with van der Waals surface area (Å²) in [4.78, 5) is 21.5. The number of carbonyl (C=O) groups excluding carboxylic acids is 1. The van der Waals surface area contributed by atoms with Crippen molar-refractivity contribution < 1.29 is 14.7 Å². The minimum absolute atomic E-state index is 0.293. The molecule has 18 heavy (non-hydrogen) atoms. The van der Waals surface area contributed by atoms with E-state index >= 15 is 0 Å². The van der Waals surface area contributed by atoms with Gasteiger partial charge in [0.05, 0.1) is 0 Å². The van der Waals surface area contributed by atoms with Gasteiger partial charge in [-0.15, -0.1) is 0 Å². The number of carbonyl (C=O) groups is 2. The van der Waals surface area contributed by atoms with Crippen LogP contribution in [0.3, 0.4) is 0 Å². The number of rotatable bonds is 8. The molecule has 0 radical (unpaired) electrons. The summed E-state index contributed by atoms with van der Waals surface area (Å²) >= 11 is 2.04. The third-order valence-electron chi connectivity index (χ3n) is 4.32. The van der Waals surface area contributed by atoms with Crippen molar-refractivity contribution >= 4 is 24.0 Å². The molecule has 0 aliphatic carbocycles. The lowest BCUT2D eigenvalue weighted by Crippen LogP contribution is -2.28. The van der Waals surface area contributed by atoms with Gasteiger partial charge in [0.15, 0.2) is 0 Å². The van der Waals surface area contributed by atoms with Crippen LogP contribution in [0.4, 0.5) is 0 Å². The number of unbranched alkanes of at least 4 members (excludes halogenated alkanes) is 3. The van der Waals surface area contributed by atoms with Crippen molar-refractivity contribution in [3.05, 3.63) is 0 Å². The zero-order valence-electron chi connectivity index (χ0n) is 10.7. The predicted octanol–water partition coefficient (Wildman–Crippen LogP) is 3.12. The molecule has 2 saturated heterocycles. The highest BCUT2D eigenvalue weighted by atomic mass is 32.2. The van der Waals surface area contributed by atoms with Crippen molar-refractivity contribution in [1.82, 2.24) is 0 Å². The number of aliphatic carboxylic acids is 1. The largest absolute Gasteiger partial charge is 0.481 e. The molecule has 0 aromatic rings. The Morgan fingerprint density at radius 3 is 2.61 bits per heavy atom. The van der Waals surface area contributed by atoms with Crippen LogP contribution >= 0.6 is 11.8 Å². The van der Waals surface area contributed by atoms with Gasteiger partial charge in [0.25, 0.3) is 0 Å². The number of hydrogen-bond acceptors (Lipinski definition) is 3. The smallest absolute Gasteiger partial charge is 0.303 e. The molecule has 0 aromatic heterocycles. The van der Waals surface area contributed by atoms with Crippen LogP contribution in [-0.4, -0.2) is 27.9 Å².